The minimum atomic E-state index is -0.379. The number of para-hydroxylation sites is 1. The zero-order chi connectivity index (χ0) is 24.9. The summed E-state index contributed by atoms with van der Waals surface area (Å²) in [5, 5.41) is 6.21. The number of aryl methyl sites for hydroxylation is 2. The summed E-state index contributed by atoms with van der Waals surface area (Å²) in [6, 6.07) is 19.1. The third-order valence-electron chi connectivity index (χ3n) is 4.97. The van der Waals surface area contributed by atoms with E-state index in [0.29, 0.717) is 33.4 Å². The van der Waals surface area contributed by atoms with Gasteiger partial charge in [-0.1, -0.05) is 47.5 Å². The second-order valence-electron chi connectivity index (χ2n) is 7.67. The average Bonchev–Trinajstić information content (AvgIpc) is 2.80. The number of hydrogen-bond donors (Lipinski definition) is 2. The Balaban J connectivity index is 1.50. The third-order valence-corrected chi connectivity index (χ3v) is 5.60. The molecule has 4 aromatic rings. The molecule has 0 radical (unpaired) electrons. The van der Waals surface area contributed by atoms with Crippen LogP contribution >= 0.6 is 23.2 Å². The highest BCUT2D eigenvalue weighted by atomic mass is 35.5. The molecule has 2 aromatic carbocycles. The Morgan fingerprint density at radius 2 is 1.57 bits per heavy atom. The van der Waals surface area contributed by atoms with Crippen molar-refractivity contribution in [3.8, 4) is 5.75 Å². The molecule has 0 aliphatic rings. The predicted molar refractivity (Wildman–Crippen MR) is 135 cm³/mol. The molecule has 0 fully saturated rings. The molecule has 35 heavy (non-hydrogen) atoms. The van der Waals surface area contributed by atoms with Gasteiger partial charge in [-0.25, -0.2) is 4.84 Å². The molecule has 9 heteroatoms. The monoisotopic (exact) mass is 507 g/mol. The molecule has 176 valence electrons. The van der Waals surface area contributed by atoms with Gasteiger partial charge >= 0.3 is 0 Å². The lowest BCUT2D eigenvalue weighted by Gasteiger charge is -2.10. The van der Waals surface area contributed by atoms with Gasteiger partial charge in [0.1, 0.15) is 5.56 Å². The van der Waals surface area contributed by atoms with E-state index in [2.05, 4.69) is 15.6 Å². The number of hydrogen-bond acceptors (Lipinski definition) is 4. The number of aromatic nitrogens is 2. The lowest BCUT2D eigenvalue weighted by molar-refractivity contribution is -0.875. The quantitative estimate of drug-likeness (QED) is 0.330. The number of nitrogens with zero attached hydrogens (tertiary/aromatic N) is 2. The summed E-state index contributed by atoms with van der Waals surface area (Å²) in [5.74, 6) is -0.329. The van der Waals surface area contributed by atoms with Crippen molar-refractivity contribution in [1.82, 2.24) is 4.98 Å². The van der Waals surface area contributed by atoms with E-state index in [0.717, 1.165) is 5.69 Å². The molecule has 0 unspecified atom stereocenters. The SMILES string of the molecule is Cc1cc(Cl)c(C(=O)Nc2cccc(O[n+]3ccc(Cl)c(C(=O)Nc4ccccc4)c3)c2)c(C)n1. The third kappa shape index (κ3) is 5.95. The molecule has 0 bridgehead atoms. The zero-order valence-electron chi connectivity index (χ0n) is 18.9. The summed E-state index contributed by atoms with van der Waals surface area (Å²) < 4.78 is 1.36. The molecule has 0 spiro atoms. The number of pyridine rings is 2. The smallest absolute Gasteiger partial charge is 0.263 e. The number of nitrogens with one attached hydrogen (secondary N) is 2. The van der Waals surface area contributed by atoms with Crippen LogP contribution in [0.2, 0.25) is 10.0 Å². The predicted octanol–water partition coefficient (Wildman–Crippen LogP) is 5.64. The van der Waals surface area contributed by atoms with Crippen molar-refractivity contribution >= 4 is 46.4 Å². The molecule has 0 aliphatic carbocycles. The van der Waals surface area contributed by atoms with Crippen molar-refractivity contribution < 1.29 is 19.2 Å². The summed E-state index contributed by atoms with van der Waals surface area (Å²) in [4.78, 5) is 35.7. The van der Waals surface area contributed by atoms with Gasteiger partial charge in [0.15, 0.2) is 0 Å². The van der Waals surface area contributed by atoms with Crippen LogP contribution in [0.3, 0.4) is 0 Å². The highest BCUT2D eigenvalue weighted by Crippen LogP contribution is 2.23. The van der Waals surface area contributed by atoms with Gasteiger partial charge in [-0.15, -0.1) is 0 Å². The van der Waals surface area contributed by atoms with Crippen molar-refractivity contribution in [2.75, 3.05) is 10.6 Å². The van der Waals surface area contributed by atoms with E-state index >= 15 is 0 Å². The van der Waals surface area contributed by atoms with Crippen LogP contribution in [0.5, 0.6) is 5.75 Å². The van der Waals surface area contributed by atoms with Crippen molar-refractivity contribution in [1.29, 1.82) is 0 Å². The molecule has 7 nitrogen and oxygen atoms in total. The van der Waals surface area contributed by atoms with E-state index in [1.807, 2.05) is 25.1 Å². The maximum atomic E-state index is 12.8. The summed E-state index contributed by atoms with van der Waals surface area (Å²) in [6.45, 7) is 3.54. The number of carbonyl (C=O) groups is 2. The number of carbonyl (C=O) groups excluding carboxylic acids is 2. The molecule has 0 aliphatic heterocycles. The minimum Gasteiger partial charge on any atom is -0.322 e. The Kier molecular flexibility index (Phi) is 7.29. The molecular weight excluding hydrogens is 487 g/mol. The van der Waals surface area contributed by atoms with Gasteiger partial charge in [-0.3, -0.25) is 14.6 Å². The zero-order valence-corrected chi connectivity index (χ0v) is 20.4. The number of halogens is 2. The minimum absolute atomic E-state index is 0.236. The molecule has 2 aromatic heterocycles. The number of anilines is 2. The van der Waals surface area contributed by atoms with Crippen LogP contribution in [-0.4, -0.2) is 16.8 Å². The van der Waals surface area contributed by atoms with Crippen LogP contribution in [-0.2, 0) is 0 Å². The first kappa shape index (κ1) is 24.2. The highest BCUT2D eigenvalue weighted by Gasteiger charge is 2.19. The fraction of sp³-hybridized carbons (Fsp3) is 0.0769. The van der Waals surface area contributed by atoms with Crippen LogP contribution in [0.4, 0.5) is 11.4 Å². The molecule has 0 saturated carbocycles. The largest absolute Gasteiger partial charge is 0.322 e. The topological polar surface area (TPSA) is 84.2 Å². The van der Waals surface area contributed by atoms with Crippen molar-refractivity contribution in [3.63, 3.8) is 0 Å². The molecular formula is C26H21Cl2N4O3+. The number of benzene rings is 2. The molecule has 2 amide bonds. The molecule has 2 N–H and O–H groups in total. The van der Waals surface area contributed by atoms with Crippen LogP contribution < -0.4 is 20.2 Å². The normalized spacial score (nSPS) is 10.5. The van der Waals surface area contributed by atoms with E-state index in [9.17, 15) is 9.59 Å². The van der Waals surface area contributed by atoms with E-state index in [1.165, 1.54) is 10.9 Å². The van der Waals surface area contributed by atoms with Gasteiger partial charge < -0.3 is 10.6 Å². The molecule has 0 atom stereocenters. The first-order valence-corrected chi connectivity index (χ1v) is 11.4. The molecule has 0 saturated heterocycles. The number of rotatable bonds is 6. The van der Waals surface area contributed by atoms with Crippen molar-refractivity contribution in [3.05, 3.63) is 112 Å². The first-order valence-electron chi connectivity index (χ1n) is 10.6. The Bertz CT molecular complexity index is 1390. The van der Waals surface area contributed by atoms with E-state index < -0.39 is 0 Å². The van der Waals surface area contributed by atoms with Gasteiger partial charge in [-0.05, 0) is 44.2 Å². The van der Waals surface area contributed by atoms with Crippen LogP contribution in [0.1, 0.15) is 32.1 Å². The van der Waals surface area contributed by atoms with Crippen LogP contribution in [0.15, 0.2) is 79.1 Å². The first-order chi connectivity index (χ1) is 16.8. The van der Waals surface area contributed by atoms with Crippen LogP contribution in [0, 0.1) is 13.8 Å². The second-order valence-corrected chi connectivity index (χ2v) is 8.48. The van der Waals surface area contributed by atoms with E-state index in [4.69, 9.17) is 28.0 Å². The molecule has 2 heterocycles. The van der Waals surface area contributed by atoms with Gasteiger partial charge in [0.05, 0.1) is 21.3 Å². The summed E-state index contributed by atoms with van der Waals surface area (Å²) in [7, 11) is 0. The van der Waals surface area contributed by atoms with Gasteiger partial charge in [0.25, 0.3) is 11.8 Å². The summed E-state index contributed by atoms with van der Waals surface area (Å²) in [6.07, 6.45) is 3.06. The van der Waals surface area contributed by atoms with Gasteiger partial charge in [0.2, 0.25) is 18.1 Å². The molecule has 4 rings (SSSR count). The van der Waals surface area contributed by atoms with E-state index in [-0.39, 0.29) is 22.4 Å². The lowest BCUT2D eigenvalue weighted by Crippen LogP contribution is -2.40. The van der Waals surface area contributed by atoms with E-state index in [1.54, 1.807) is 61.7 Å². The lowest BCUT2D eigenvalue weighted by atomic mass is 10.1. The van der Waals surface area contributed by atoms with Crippen molar-refractivity contribution in [2.24, 2.45) is 0 Å². The Morgan fingerprint density at radius 3 is 2.31 bits per heavy atom. The number of amides is 2. The van der Waals surface area contributed by atoms with Gasteiger partial charge in [-0.2, -0.15) is 0 Å². The van der Waals surface area contributed by atoms with Crippen LogP contribution in [0.25, 0.3) is 0 Å². The fourth-order valence-corrected chi connectivity index (χ4v) is 3.98. The maximum Gasteiger partial charge on any atom is 0.263 e. The second kappa shape index (κ2) is 10.5. The van der Waals surface area contributed by atoms with Gasteiger partial charge in [0, 0.05) is 33.9 Å². The fourth-order valence-electron chi connectivity index (χ4n) is 3.40. The Labute approximate surface area is 212 Å². The average molecular weight is 508 g/mol. The summed E-state index contributed by atoms with van der Waals surface area (Å²) >= 11 is 12.5. The Hall–Kier alpha value is -3.94. The van der Waals surface area contributed by atoms with Crippen molar-refractivity contribution in [2.45, 2.75) is 13.8 Å². The summed E-state index contributed by atoms with van der Waals surface area (Å²) in [5.41, 5.74) is 2.96. The highest BCUT2D eigenvalue weighted by molar-refractivity contribution is 6.35. The standard InChI is InChI=1S/C26H20Cl2N4O3/c1-16-13-23(28)24(17(2)29-16)26(34)31-19-9-6-10-20(14-19)35-32-12-11-22(27)21(15-32)25(33)30-18-7-4-3-5-8-18/h3-15H,1-2H3,(H-,30,31,33,34)/p+1. The Morgan fingerprint density at radius 1 is 0.857 bits per heavy atom. The maximum absolute atomic E-state index is 12.8.